The molecule has 1 aromatic rings. The number of hydrogen-bond acceptors (Lipinski definition) is 7. The molecule has 12 heteroatoms. The van der Waals surface area contributed by atoms with Crippen molar-refractivity contribution < 1.29 is 39.3 Å². The molecule has 3 amide bonds. The van der Waals surface area contributed by atoms with Crippen molar-refractivity contribution in [1.29, 1.82) is 0 Å². The number of carboxylic acid groups (broad SMARTS) is 2. The number of nitrogens with one attached hydrogen (secondary N) is 2. The summed E-state index contributed by atoms with van der Waals surface area (Å²) in [6.07, 6.45) is 0.288. The van der Waals surface area contributed by atoms with Gasteiger partial charge < -0.3 is 36.6 Å². The number of benzene rings is 1. The van der Waals surface area contributed by atoms with Crippen molar-refractivity contribution in [2.75, 3.05) is 6.54 Å². The van der Waals surface area contributed by atoms with E-state index in [0.717, 1.165) is 5.56 Å². The van der Waals surface area contributed by atoms with E-state index in [2.05, 4.69) is 10.6 Å². The zero-order valence-corrected chi connectivity index (χ0v) is 18.8. The van der Waals surface area contributed by atoms with Crippen LogP contribution in [0.4, 0.5) is 0 Å². The number of phenols is 1. The van der Waals surface area contributed by atoms with Crippen LogP contribution in [0.5, 0.6) is 5.75 Å². The van der Waals surface area contributed by atoms with Gasteiger partial charge in [-0.2, -0.15) is 0 Å². The quantitative estimate of drug-likeness (QED) is 0.235. The maximum Gasteiger partial charge on any atom is 0.326 e. The van der Waals surface area contributed by atoms with E-state index < -0.39 is 60.2 Å². The molecular formula is C22H30N4O8. The van der Waals surface area contributed by atoms with Crippen LogP contribution in [0.25, 0.3) is 0 Å². The SMILES string of the molecule is CC(NC(=O)C(N)Cc1ccc(O)cc1)C(=O)N1CCCC1C(=O)NC(CCC(=O)O)C(=O)O. The fraction of sp³-hybridized carbons (Fsp3) is 0.500. The van der Waals surface area contributed by atoms with Gasteiger partial charge >= 0.3 is 11.9 Å². The van der Waals surface area contributed by atoms with Gasteiger partial charge in [0, 0.05) is 13.0 Å². The van der Waals surface area contributed by atoms with Crippen LogP contribution in [-0.4, -0.2) is 80.6 Å². The second kappa shape index (κ2) is 12.0. The van der Waals surface area contributed by atoms with Crippen LogP contribution in [0.3, 0.4) is 0 Å². The Hall–Kier alpha value is -3.67. The molecule has 2 rings (SSSR count). The van der Waals surface area contributed by atoms with Gasteiger partial charge in [0.15, 0.2) is 0 Å². The normalized spacial score (nSPS) is 17.9. The summed E-state index contributed by atoms with van der Waals surface area (Å²) < 4.78 is 0. The third-order valence-corrected chi connectivity index (χ3v) is 5.56. The zero-order chi connectivity index (χ0) is 25.4. The number of aliphatic carboxylic acids is 2. The summed E-state index contributed by atoms with van der Waals surface area (Å²) in [6, 6.07) is 1.97. The summed E-state index contributed by atoms with van der Waals surface area (Å²) in [5.74, 6) is -4.23. The lowest BCUT2D eigenvalue weighted by atomic mass is 10.1. The lowest BCUT2D eigenvalue weighted by Gasteiger charge is -2.28. The monoisotopic (exact) mass is 478 g/mol. The first-order valence-electron chi connectivity index (χ1n) is 10.9. The van der Waals surface area contributed by atoms with E-state index in [1.807, 2.05) is 0 Å². The van der Waals surface area contributed by atoms with E-state index in [0.29, 0.717) is 12.8 Å². The fourth-order valence-corrected chi connectivity index (χ4v) is 3.71. The predicted molar refractivity (Wildman–Crippen MR) is 119 cm³/mol. The molecule has 0 radical (unpaired) electrons. The molecule has 1 aliphatic heterocycles. The lowest BCUT2D eigenvalue weighted by Crippen LogP contribution is -2.56. The molecule has 0 aliphatic carbocycles. The molecule has 1 heterocycles. The number of carbonyl (C=O) groups excluding carboxylic acids is 3. The van der Waals surface area contributed by atoms with Gasteiger partial charge in [0.25, 0.3) is 0 Å². The Balaban J connectivity index is 1.95. The number of carbonyl (C=O) groups is 5. The second-order valence-electron chi connectivity index (χ2n) is 8.23. The molecule has 4 atom stereocenters. The van der Waals surface area contributed by atoms with E-state index >= 15 is 0 Å². The summed E-state index contributed by atoms with van der Waals surface area (Å²) in [4.78, 5) is 61.4. The maximum atomic E-state index is 12.9. The van der Waals surface area contributed by atoms with Gasteiger partial charge in [-0.3, -0.25) is 19.2 Å². The van der Waals surface area contributed by atoms with Crippen LogP contribution in [0.1, 0.15) is 38.2 Å². The van der Waals surface area contributed by atoms with Gasteiger partial charge in [0.2, 0.25) is 17.7 Å². The Labute approximate surface area is 196 Å². The van der Waals surface area contributed by atoms with Crippen LogP contribution >= 0.6 is 0 Å². The van der Waals surface area contributed by atoms with Gasteiger partial charge in [0.1, 0.15) is 23.9 Å². The first-order valence-corrected chi connectivity index (χ1v) is 10.9. The topological polar surface area (TPSA) is 199 Å². The highest BCUT2D eigenvalue weighted by Crippen LogP contribution is 2.19. The molecule has 0 bridgehead atoms. The minimum atomic E-state index is -1.39. The molecular weight excluding hydrogens is 448 g/mol. The van der Waals surface area contributed by atoms with Crippen molar-refractivity contribution in [3.8, 4) is 5.75 Å². The van der Waals surface area contributed by atoms with E-state index in [4.69, 9.17) is 10.8 Å². The number of carboxylic acids is 2. The molecule has 34 heavy (non-hydrogen) atoms. The molecule has 0 saturated carbocycles. The zero-order valence-electron chi connectivity index (χ0n) is 18.8. The molecule has 1 saturated heterocycles. The van der Waals surface area contributed by atoms with Crippen molar-refractivity contribution in [3.05, 3.63) is 29.8 Å². The molecule has 7 N–H and O–H groups in total. The van der Waals surface area contributed by atoms with E-state index in [9.17, 15) is 34.2 Å². The number of amides is 3. The first kappa shape index (κ1) is 26.6. The van der Waals surface area contributed by atoms with E-state index in [1.54, 1.807) is 12.1 Å². The average molecular weight is 479 g/mol. The number of aromatic hydroxyl groups is 1. The number of hydrogen-bond donors (Lipinski definition) is 6. The Morgan fingerprint density at radius 1 is 1.12 bits per heavy atom. The summed E-state index contributed by atoms with van der Waals surface area (Å²) in [5, 5.41) is 32.2. The van der Waals surface area contributed by atoms with Crippen molar-refractivity contribution in [1.82, 2.24) is 15.5 Å². The van der Waals surface area contributed by atoms with E-state index in [1.165, 1.54) is 24.0 Å². The maximum absolute atomic E-state index is 12.9. The van der Waals surface area contributed by atoms with Gasteiger partial charge in [0.05, 0.1) is 6.04 Å². The third-order valence-electron chi connectivity index (χ3n) is 5.56. The molecule has 1 fully saturated rings. The second-order valence-corrected chi connectivity index (χ2v) is 8.23. The van der Waals surface area contributed by atoms with Crippen molar-refractivity contribution in [2.45, 2.75) is 63.2 Å². The Morgan fingerprint density at radius 2 is 1.76 bits per heavy atom. The predicted octanol–water partition coefficient (Wildman–Crippen LogP) is -0.808. The Morgan fingerprint density at radius 3 is 2.35 bits per heavy atom. The molecule has 1 aliphatic rings. The minimum absolute atomic E-state index is 0.0850. The Kier molecular flexibility index (Phi) is 9.36. The lowest BCUT2D eigenvalue weighted by molar-refractivity contribution is -0.145. The van der Waals surface area contributed by atoms with Crippen molar-refractivity contribution in [2.24, 2.45) is 5.73 Å². The number of phenolic OH excluding ortho intramolecular Hbond substituents is 1. The van der Waals surface area contributed by atoms with Gasteiger partial charge in [-0.05, 0) is 50.3 Å². The first-order chi connectivity index (χ1) is 16.0. The largest absolute Gasteiger partial charge is 0.508 e. The highest BCUT2D eigenvalue weighted by atomic mass is 16.4. The van der Waals surface area contributed by atoms with Crippen LogP contribution in [0.15, 0.2) is 24.3 Å². The molecule has 4 unspecified atom stereocenters. The molecule has 0 aromatic heterocycles. The van der Waals surface area contributed by atoms with Crippen LogP contribution in [0, 0.1) is 0 Å². The van der Waals surface area contributed by atoms with Crippen LogP contribution < -0.4 is 16.4 Å². The van der Waals surface area contributed by atoms with Crippen molar-refractivity contribution in [3.63, 3.8) is 0 Å². The van der Waals surface area contributed by atoms with Crippen LogP contribution in [-0.2, 0) is 30.4 Å². The fourth-order valence-electron chi connectivity index (χ4n) is 3.71. The number of nitrogens with two attached hydrogens (primary N) is 1. The summed E-state index contributed by atoms with van der Waals surface area (Å²) in [6.45, 7) is 1.72. The number of nitrogens with zero attached hydrogens (tertiary/aromatic N) is 1. The third kappa shape index (κ3) is 7.44. The minimum Gasteiger partial charge on any atom is -0.508 e. The van der Waals surface area contributed by atoms with Gasteiger partial charge in [-0.25, -0.2) is 4.79 Å². The summed E-state index contributed by atoms with van der Waals surface area (Å²) >= 11 is 0. The molecule has 186 valence electrons. The van der Waals surface area contributed by atoms with Crippen molar-refractivity contribution >= 4 is 29.7 Å². The average Bonchev–Trinajstić information content (AvgIpc) is 3.27. The standard InChI is InChI=1S/C22H30N4O8/c1-12(24-19(30)15(23)11-13-4-6-14(27)7-5-13)21(32)26-10-2-3-17(26)20(31)25-16(22(33)34)8-9-18(28)29/h4-7,12,15-17,27H,2-3,8-11,23H2,1H3,(H,24,30)(H,25,31)(H,28,29)(H,33,34). The summed E-state index contributed by atoms with van der Waals surface area (Å²) in [7, 11) is 0. The molecule has 1 aromatic carbocycles. The number of likely N-dealkylation sites (tertiary alicyclic amines) is 1. The van der Waals surface area contributed by atoms with E-state index in [-0.39, 0.29) is 25.1 Å². The smallest absolute Gasteiger partial charge is 0.326 e. The van der Waals surface area contributed by atoms with Crippen LogP contribution in [0.2, 0.25) is 0 Å². The Bertz CT molecular complexity index is 920. The summed E-state index contributed by atoms with van der Waals surface area (Å²) in [5.41, 5.74) is 6.66. The highest BCUT2D eigenvalue weighted by Gasteiger charge is 2.38. The molecule has 12 nitrogen and oxygen atoms in total. The van der Waals surface area contributed by atoms with Gasteiger partial charge in [-0.1, -0.05) is 12.1 Å². The highest BCUT2D eigenvalue weighted by molar-refractivity contribution is 5.94. The van der Waals surface area contributed by atoms with Gasteiger partial charge in [-0.15, -0.1) is 0 Å². The molecule has 0 spiro atoms. The number of rotatable bonds is 11.